The maximum absolute atomic E-state index is 13.0. The zero-order valence-electron chi connectivity index (χ0n) is 17.4. The lowest BCUT2D eigenvalue weighted by Gasteiger charge is -2.38. The topological polar surface area (TPSA) is 60.8 Å². The highest BCUT2D eigenvalue weighted by atomic mass is 32.2. The molecule has 1 aliphatic carbocycles. The second-order valence-corrected chi connectivity index (χ2v) is 10.4. The Morgan fingerprint density at radius 3 is 2.36 bits per heavy atom. The van der Waals surface area contributed by atoms with Gasteiger partial charge in [0.2, 0.25) is 0 Å². The lowest BCUT2D eigenvalue weighted by Crippen LogP contribution is -2.46. The van der Waals surface area contributed by atoms with Crippen LogP contribution in [0.1, 0.15) is 67.7 Å². The van der Waals surface area contributed by atoms with Crippen LogP contribution in [-0.2, 0) is 11.0 Å². The molecule has 0 saturated heterocycles. The number of nitrogens with zero attached hydrogens (tertiary/aromatic N) is 1. The van der Waals surface area contributed by atoms with E-state index >= 15 is 0 Å². The van der Waals surface area contributed by atoms with Crippen molar-refractivity contribution in [2.75, 3.05) is 12.8 Å². The first kappa shape index (κ1) is 22.8. The Balaban J connectivity index is 2.91. The second kappa shape index (κ2) is 8.64. The minimum absolute atomic E-state index is 0.00994. The molecule has 0 aromatic rings. The Morgan fingerprint density at radius 1 is 1.40 bits per heavy atom. The molecule has 0 aromatic carbocycles. The number of aliphatic hydroxyl groups is 2. The summed E-state index contributed by atoms with van der Waals surface area (Å²) in [5, 5.41) is 21.3. The average Bonchev–Trinajstić information content (AvgIpc) is 2.75. The smallest absolute Gasteiger partial charge is 0.126 e. The van der Waals surface area contributed by atoms with Crippen molar-refractivity contribution >= 4 is 11.0 Å². The van der Waals surface area contributed by atoms with E-state index in [0.29, 0.717) is 11.7 Å². The molecule has 1 fully saturated rings. The van der Waals surface area contributed by atoms with Gasteiger partial charge in [-0.15, -0.1) is 0 Å². The van der Waals surface area contributed by atoms with Gasteiger partial charge in [-0.2, -0.15) is 4.31 Å². The maximum Gasteiger partial charge on any atom is 0.126 e. The summed E-state index contributed by atoms with van der Waals surface area (Å²) in [4.78, 5) is 0. The first-order valence-electron chi connectivity index (χ1n) is 9.54. The van der Waals surface area contributed by atoms with Crippen molar-refractivity contribution in [3.8, 4) is 0 Å². The molecule has 0 bridgehead atoms. The van der Waals surface area contributed by atoms with E-state index in [1.54, 1.807) is 11.4 Å². The van der Waals surface area contributed by atoms with Crippen molar-refractivity contribution in [2.45, 2.75) is 80.1 Å². The predicted molar refractivity (Wildman–Crippen MR) is 106 cm³/mol. The van der Waals surface area contributed by atoms with E-state index in [9.17, 15) is 14.4 Å². The molecule has 2 N–H and O–H groups in total. The third-order valence-corrected chi connectivity index (χ3v) is 7.94. The van der Waals surface area contributed by atoms with E-state index < -0.39 is 28.7 Å². The summed E-state index contributed by atoms with van der Waals surface area (Å²) in [5.74, 6) is 0.836. The highest BCUT2D eigenvalue weighted by Gasteiger charge is 2.48. The van der Waals surface area contributed by atoms with Gasteiger partial charge >= 0.3 is 0 Å². The third-order valence-electron chi connectivity index (χ3n) is 6.45. The average molecular weight is 374 g/mol. The molecular weight excluding hydrogens is 334 g/mol. The highest BCUT2D eigenvalue weighted by molar-refractivity contribution is 7.82. The summed E-state index contributed by atoms with van der Waals surface area (Å²) in [6, 6.07) is 0. The fourth-order valence-corrected chi connectivity index (χ4v) is 6.05. The van der Waals surface area contributed by atoms with Crippen LogP contribution >= 0.6 is 0 Å². The Kier molecular flexibility index (Phi) is 7.88. The van der Waals surface area contributed by atoms with Gasteiger partial charge in [-0.05, 0) is 38.0 Å². The van der Waals surface area contributed by atoms with Gasteiger partial charge in [0, 0.05) is 24.1 Å². The van der Waals surface area contributed by atoms with Gasteiger partial charge in [-0.1, -0.05) is 52.7 Å². The summed E-state index contributed by atoms with van der Waals surface area (Å²) in [5.41, 5.74) is 0.656. The fraction of sp³-hybridized carbons (Fsp3) is 0.900. The normalized spacial score (nSPS) is 30.8. The van der Waals surface area contributed by atoms with Crippen molar-refractivity contribution in [3.05, 3.63) is 11.6 Å². The molecule has 5 heteroatoms. The largest absolute Gasteiger partial charge is 0.393 e. The summed E-state index contributed by atoms with van der Waals surface area (Å²) >= 11 is 0. The van der Waals surface area contributed by atoms with Gasteiger partial charge in [-0.3, -0.25) is 0 Å². The summed E-state index contributed by atoms with van der Waals surface area (Å²) in [6.07, 6.45) is 3.40. The summed E-state index contributed by atoms with van der Waals surface area (Å²) in [6.45, 7) is 14.6. The van der Waals surface area contributed by atoms with Crippen molar-refractivity contribution in [1.29, 1.82) is 0 Å². The lowest BCUT2D eigenvalue weighted by atomic mass is 9.75. The lowest BCUT2D eigenvalue weighted by molar-refractivity contribution is -0.00883. The van der Waals surface area contributed by atoms with Crippen LogP contribution in [0.15, 0.2) is 11.6 Å². The van der Waals surface area contributed by atoms with E-state index in [0.717, 1.165) is 24.8 Å². The molecule has 0 amide bonds. The van der Waals surface area contributed by atoms with Gasteiger partial charge in [0.25, 0.3) is 0 Å². The molecule has 6 unspecified atom stereocenters. The van der Waals surface area contributed by atoms with Crippen molar-refractivity contribution in [1.82, 2.24) is 4.31 Å². The first-order chi connectivity index (χ1) is 11.4. The van der Waals surface area contributed by atoms with Crippen LogP contribution in [0.25, 0.3) is 0 Å². The molecular formula is C20H39NO3S. The summed E-state index contributed by atoms with van der Waals surface area (Å²) in [7, 11) is 0.384. The molecule has 1 aliphatic rings. The van der Waals surface area contributed by atoms with E-state index in [1.807, 2.05) is 27.7 Å². The van der Waals surface area contributed by atoms with E-state index in [2.05, 4.69) is 26.8 Å². The molecule has 148 valence electrons. The van der Waals surface area contributed by atoms with E-state index in [-0.39, 0.29) is 11.3 Å². The van der Waals surface area contributed by atoms with Crippen LogP contribution in [0, 0.1) is 22.7 Å². The molecule has 0 spiro atoms. The monoisotopic (exact) mass is 373 g/mol. The second-order valence-electron chi connectivity index (χ2n) is 8.83. The van der Waals surface area contributed by atoms with Crippen LogP contribution in [0.4, 0.5) is 0 Å². The molecule has 0 radical (unpaired) electrons. The van der Waals surface area contributed by atoms with Gasteiger partial charge < -0.3 is 10.2 Å². The quantitative estimate of drug-likeness (QED) is 0.503. The first-order valence-corrected chi connectivity index (χ1v) is 10.8. The van der Waals surface area contributed by atoms with E-state index in [4.69, 9.17) is 0 Å². The number of hydrogen-bond donors (Lipinski definition) is 2. The van der Waals surface area contributed by atoms with Crippen LogP contribution in [0.5, 0.6) is 0 Å². The van der Waals surface area contributed by atoms with Gasteiger partial charge in [0.15, 0.2) is 0 Å². The molecule has 25 heavy (non-hydrogen) atoms. The zero-order valence-corrected chi connectivity index (χ0v) is 18.2. The molecule has 0 aliphatic heterocycles. The Hall–Kier alpha value is -0.230. The minimum atomic E-state index is -1.34. The van der Waals surface area contributed by atoms with Crippen molar-refractivity contribution < 1.29 is 14.4 Å². The zero-order chi connectivity index (χ0) is 19.6. The van der Waals surface area contributed by atoms with Crippen LogP contribution in [0.3, 0.4) is 0 Å². The summed E-state index contributed by atoms with van der Waals surface area (Å²) < 4.78 is 14.5. The van der Waals surface area contributed by atoms with Crippen molar-refractivity contribution in [2.24, 2.45) is 22.7 Å². The molecule has 0 aromatic heterocycles. The Bertz CT molecular complexity index is 501. The SMILES string of the molecule is CCC1CC(O)C(CS(=O)N(C)C(O)C(C)(C=C(C)C)CC)C1(C)C. The van der Waals surface area contributed by atoms with E-state index in [1.165, 1.54) is 0 Å². The Morgan fingerprint density at radius 2 is 1.96 bits per heavy atom. The standard InChI is InChI=1S/C20H39NO3S/c1-9-15-11-17(22)16(19(15,5)6)13-25(24)21(8)18(23)20(7,10-2)12-14(3)4/h12,15-18,22-23H,9-11,13H2,1-8H3. The van der Waals surface area contributed by atoms with Gasteiger partial charge in [-0.25, -0.2) is 4.21 Å². The molecule has 4 nitrogen and oxygen atoms in total. The number of aliphatic hydroxyl groups excluding tert-OH is 2. The maximum atomic E-state index is 13.0. The molecule has 1 saturated carbocycles. The molecule has 6 atom stereocenters. The number of allylic oxidation sites excluding steroid dienone is 1. The van der Waals surface area contributed by atoms with Gasteiger partial charge in [0.1, 0.15) is 6.23 Å². The third kappa shape index (κ3) is 4.94. The van der Waals surface area contributed by atoms with Crippen LogP contribution in [0.2, 0.25) is 0 Å². The Labute approximate surface area is 157 Å². The fourth-order valence-electron chi connectivity index (χ4n) is 4.39. The predicted octanol–water partition coefficient (Wildman–Crippen LogP) is 3.72. The number of rotatable bonds is 8. The van der Waals surface area contributed by atoms with Gasteiger partial charge in [0.05, 0.1) is 17.1 Å². The molecule has 0 heterocycles. The highest BCUT2D eigenvalue weighted by Crippen LogP contribution is 2.49. The van der Waals surface area contributed by atoms with Crippen LogP contribution in [-0.4, -0.2) is 43.9 Å². The van der Waals surface area contributed by atoms with Crippen LogP contribution < -0.4 is 0 Å². The van der Waals surface area contributed by atoms with Crippen molar-refractivity contribution in [3.63, 3.8) is 0 Å². The molecule has 1 rings (SSSR count). The number of hydrogen-bond acceptors (Lipinski definition) is 3. The minimum Gasteiger partial charge on any atom is -0.393 e.